The number of rotatable bonds is 3. The summed E-state index contributed by atoms with van der Waals surface area (Å²) in [6, 6.07) is 7.88. The highest BCUT2D eigenvalue weighted by atomic mass is 35.5. The van der Waals surface area contributed by atoms with E-state index in [1.165, 1.54) is 17.5 Å². The first-order valence-electron chi connectivity index (χ1n) is 11.9. The fourth-order valence-corrected chi connectivity index (χ4v) is 6.11. The van der Waals surface area contributed by atoms with Gasteiger partial charge in [-0.3, -0.25) is 9.78 Å². The second kappa shape index (κ2) is 7.83. The number of carbonyl (C=O) groups excluding carboxylic acids is 1. The van der Waals surface area contributed by atoms with Crippen LogP contribution >= 0.6 is 11.6 Å². The quantitative estimate of drug-likeness (QED) is 0.620. The van der Waals surface area contributed by atoms with Crippen LogP contribution < -0.4 is 5.32 Å². The van der Waals surface area contributed by atoms with Crippen LogP contribution in [0, 0.1) is 0 Å². The zero-order valence-electron chi connectivity index (χ0n) is 18.9. The number of piperidine rings is 1. The minimum absolute atomic E-state index is 0.0350. The van der Waals surface area contributed by atoms with E-state index in [0.29, 0.717) is 24.7 Å². The lowest BCUT2D eigenvalue weighted by molar-refractivity contribution is -0.0742. The molecule has 3 aliphatic rings. The molecule has 33 heavy (non-hydrogen) atoms. The number of nitrogens with one attached hydrogen (secondary N) is 1. The Morgan fingerprint density at radius 2 is 2.09 bits per heavy atom. The molecule has 0 saturated carbocycles. The normalized spacial score (nSPS) is 24.0. The minimum atomic E-state index is -0.301. The highest BCUT2D eigenvalue weighted by Gasteiger charge is 2.44. The number of likely N-dealkylation sites (tertiary alicyclic amines) is 1. The minimum Gasteiger partial charge on any atom is -0.365 e. The molecule has 3 aliphatic heterocycles. The second-order valence-corrected chi connectivity index (χ2v) is 10.5. The fraction of sp³-hybridized carbons (Fsp3) is 0.462. The van der Waals surface area contributed by atoms with Gasteiger partial charge in [-0.15, -0.1) is 0 Å². The summed E-state index contributed by atoms with van der Waals surface area (Å²) >= 11 is 6.35. The number of nitrogens with zero attached hydrogens (tertiary/aromatic N) is 3. The summed E-state index contributed by atoms with van der Waals surface area (Å²) in [6.07, 6.45) is 9.69. The topological polar surface area (TPSA) is 59.4 Å². The number of fused-ring (bicyclic) bond motifs is 3. The summed E-state index contributed by atoms with van der Waals surface area (Å²) in [4.78, 5) is 20.0. The molecule has 1 spiro atoms. The molecule has 2 saturated heterocycles. The Labute approximate surface area is 198 Å². The third-order valence-corrected chi connectivity index (χ3v) is 8.05. The fourth-order valence-electron chi connectivity index (χ4n) is 5.94. The molecule has 2 aromatic heterocycles. The second-order valence-electron chi connectivity index (χ2n) is 10.0. The van der Waals surface area contributed by atoms with E-state index in [1.807, 2.05) is 47.8 Å². The van der Waals surface area contributed by atoms with Gasteiger partial charge in [0.1, 0.15) is 0 Å². The predicted molar refractivity (Wildman–Crippen MR) is 128 cm³/mol. The summed E-state index contributed by atoms with van der Waals surface area (Å²) in [5.41, 5.74) is 3.93. The zero-order chi connectivity index (χ0) is 22.6. The standard InChI is InChI=1S/C26H29ClN4O2/c1-25(6-2-9-29-25)17-31-15-21(20-4-3-19(27)13-23(20)31)24(32)30-11-7-26(8-12-30)22-14-28-10-5-18(22)16-33-26/h3-5,10,13-15,29H,2,6-9,11-12,16-17H2,1H3/t25-/m0/s1. The lowest BCUT2D eigenvalue weighted by Gasteiger charge is -2.39. The van der Waals surface area contributed by atoms with Gasteiger partial charge in [0.05, 0.1) is 23.3 Å². The maximum absolute atomic E-state index is 13.7. The van der Waals surface area contributed by atoms with Crippen molar-refractivity contribution >= 4 is 28.4 Å². The molecule has 1 atom stereocenters. The van der Waals surface area contributed by atoms with E-state index in [9.17, 15) is 4.79 Å². The third-order valence-electron chi connectivity index (χ3n) is 7.82. The van der Waals surface area contributed by atoms with E-state index in [0.717, 1.165) is 48.8 Å². The number of halogens is 1. The van der Waals surface area contributed by atoms with E-state index in [4.69, 9.17) is 16.3 Å². The number of pyridine rings is 1. The Kier molecular flexibility index (Phi) is 5.02. The predicted octanol–water partition coefficient (Wildman–Crippen LogP) is 4.49. The van der Waals surface area contributed by atoms with Gasteiger partial charge >= 0.3 is 0 Å². The van der Waals surface area contributed by atoms with Crippen LogP contribution in [-0.4, -0.2) is 45.5 Å². The van der Waals surface area contributed by atoms with Crippen molar-refractivity contribution in [2.75, 3.05) is 19.6 Å². The number of hydrogen-bond donors (Lipinski definition) is 1. The van der Waals surface area contributed by atoms with Crippen molar-refractivity contribution in [2.45, 2.75) is 56.9 Å². The molecule has 2 fully saturated rings. The van der Waals surface area contributed by atoms with E-state index >= 15 is 0 Å². The molecule has 0 aliphatic carbocycles. The summed E-state index contributed by atoms with van der Waals surface area (Å²) < 4.78 is 8.46. The van der Waals surface area contributed by atoms with Crippen LogP contribution in [0.5, 0.6) is 0 Å². The molecule has 172 valence electrons. The monoisotopic (exact) mass is 464 g/mol. The molecule has 6 nitrogen and oxygen atoms in total. The maximum Gasteiger partial charge on any atom is 0.256 e. The lowest BCUT2D eigenvalue weighted by atomic mass is 9.84. The van der Waals surface area contributed by atoms with E-state index in [1.54, 1.807) is 0 Å². The van der Waals surface area contributed by atoms with Crippen molar-refractivity contribution in [1.29, 1.82) is 0 Å². The first-order valence-corrected chi connectivity index (χ1v) is 12.2. The summed E-state index contributed by atoms with van der Waals surface area (Å²) in [7, 11) is 0. The lowest BCUT2D eigenvalue weighted by Crippen LogP contribution is -2.45. The number of ether oxygens (including phenoxy) is 1. The third kappa shape index (κ3) is 3.56. The van der Waals surface area contributed by atoms with Gasteiger partial charge in [0.15, 0.2) is 0 Å². The van der Waals surface area contributed by atoms with E-state index in [-0.39, 0.29) is 17.0 Å². The van der Waals surface area contributed by atoms with Gasteiger partial charge in [0, 0.05) is 59.7 Å². The highest BCUT2D eigenvalue weighted by molar-refractivity contribution is 6.31. The van der Waals surface area contributed by atoms with Crippen LogP contribution in [0.3, 0.4) is 0 Å². The Balaban J connectivity index is 1.27. The molecule has 3 aromatic rings. The van der Waals surface area contributed by atoms with Gasteiger partial charge in [-0.2, -0.15) is 0 Å². The Hall–Kier alpha value is -2.41. The Morgan fingerprint density at radius 3 is 2.88 bits per heavy atom. The average molecular weight is 465 g/mol. The largest absolute Gasteiger partial charge is 0.365 e. The van der Waals surface area contributed by atoms with Gasteiger partial charge in [0.2, 0.25) is 0 Å². The number of amides is 1. The number of benzene rings is 1. The smallest absolute Gasteiger partial charge is 0.256 e. The van der Waals surface area contributed by atoms with Gasteiger partial charge in [-0.05, 0) is 62.9 Å². The van der Waals surface area contributed by atoms with Gasteiger partial charge < -0.3 is 19.5 Å². The first-order chi connectivity index (χ1) is 16.0. The van der Waals surface area contributed by atoms with Gasteiger partial charge in [-0.25, -0.2) is 0 Å². The van der Waals surface area contributed by atoms with Crippen molar-refractivity contribution in [3.8, 4) is 0 Å². The first kappa shape index (κ1) is 21.1. The zero-order valence-corrected chi connectivity index (χ0v) is 19.7. The number of hydrogen-bond acceptors (Lipinski definition) is 4. The number of aromatic nitrogens is 2. The van der Waals surface area contributed by atoms with Crippen LogP contribution in [0.4, 0.5) is 0 Å². The van der Waals surface area contributed by atoms with Crippen molar-refractivity contribution < 1.29 is 9.53 Å². The summed E-state index contributed by atoms with van der Waals surface area (Å²) in [5.74, 6) is 0.0878. The van der Waals surface area contributed by atoms with Crippen molar-refractivity contribution in [2.24, 2.45) is 0 Å². The maximum atomic E-state index is 13.7. The molecule has 0 unspecified atom stereocenters. The van der Waals surface area contributed by atoms with Gasteiger partial charge in [0.25, 0.3) is 5.91 Å². The van der Waals surface area contributed by atoms with Gasteiger partial charge in [-0.1, -0.05) is 17.7 Å². The molecule has 5 heterocycles. The van der Waals surface area contributed by atoms with Crippen molar-refractivity contribution in [1.82, 2.24) is 19.8 Å². The summed E-state index contributed by atoms with van der Waals surface area (Å²) in [6.45, 7) is 6.10. The highest BCUT2D eigenvalue weighted by Crippen LogP contribution is 2.44. The SMILES string of the molecule is C[C@@]1(Cn2cc(C(=O)N3CCC4(CC3)OCc3ccncc34)c3ccc(Cl)cc32)CCCN1. The van der Waals surface area contributed by atoms with Crippen LogP contribution in [-0.2, 0) is 23.5 Å². The van der Waals surface area contributed by atoms with Crippen LogP contribution in [0.15, 0.2) is 42.9 Å². The Bertz CT molecular complexity index is 1220. The molecule has 6 rings (SSSR count). The molecular formula is C26H29ClN4O2. The number of carbonyl (C=O) groups is 1. The molecule has 1 N–H and O–H groups in total. The van der Waals surface area contributed by atoms with Crippen LogP contribution in [0.1, 0.15) is 54.1 Å². The molecule has 1 amide bonds. The van der Waals surface area contributed by atoms with Crippen molar-refractivity contribution in [3.05, 3.63) is 64.6 Å². The molecule has 0 bridgehead atoms. The van der Waals surface area contributed by atoms with Crippen LogP contribution in [0.25, 0.3) is 10.9 Å². The molecular weight excluding hydrogens is 436 g/mol. The molecule has 7 heteroatoms. The summed E-state index contributed by atoms with van der Waals surface area (Å²) in [5, 5.41) is 5.29. The average Bonchev–Trinajstić information content (AvgIpc) is 3.51. The van der Waals surface area contributed by atoms with Crippen LogP contribution in [0.2, 0.25) is 5.02 Å². The molecule has 1 aromatic carbocycles. The molecule has 0 radical (unpaired) electrons. The Morgan fingerprint density at radius 1 is 1.24 bits per heavy atom. The van der Waals surface area contributed by atoms with Crippen molar-refractivity contribution in [3.63, 3.8) is 0 Å². The van der Waals surface area contributed by atoms with E-state index < -0.39 is 0 Å². The van der Waals surface area contributed by atoms with E-state index in [2.05, 4.69) is 21.8 Å².